The highest BCUT2D eigenvalue weighted by molar-refractivity contribution is 5.78. The second-order valence-corrected chi connectivity index (χ2v) is 7.39. The molecule has 0 bridgehead atoms. The molecule has 138 valence electrons. The normalized spacial score (nSPS) is 24.2. The van der Waals surface area contributed by atoms with Crippen LogP contribution in [0.5, 0.6) is 0 Å². The van der Waals surface area contributed by atoms with E-state index >= 15 is 0 Å². The van der Waals surface area contributed by atoms with Crippen molar-refractivity contribution in [2.45, 2.75) is 44.4 Å². The highest BCUT2D eigenvalue weighted by Gasteiger charge is 2.55. The lowest BCUT2D eigenvalue weighted by molar-refractivity contribution is -0.155. The number of aliphatic hydroxyl groups excluding tert-OH is 1. The molecule has 2 atom stereocenters. The molecule has 1 amide bonds. The SMILES string of the molecule is O=C(Cc1cncn1Cc1ccccc1)N[C@@H]1C[C@@H](O)C12CCOCC2. The monoisotopic (exact) mass is 355 g/mol. The molecule has 2 aliphatic rings. The van der Waals surface area contributed by atoms with Gasteiger partial charge in [0.2, 0.25) is 5.91 Å². The zero-order valence-electron chi connectivity index (χ0n) is 14.8. The molecule has 0 radical (unpaired) electrons. The maximum Gasteiger partial charge on any atom is 0.226 e. The van der Waals surface area contributed by atoms with Gasteiger partial charge in [0.05, 0.1) is 18.9 Å². The predicted molar refractivity (Wildman–Crippen MR) is 96.5 cm³/mol. The zero-order chi connectivity index (χ0) is 18.0. The lowest BCUT2D eigenvalue weighted by atomic mass is 9.58. The zero-order valence-corrected chi connectivity index (χ0v) is 14.8. The molecule has 2 heterocycles. The standard InChI is InChI=1S/C20H25N3O3/c24-18-11-17(20(18)6-8-26-9-7-20)22-19(25)10-16-12-21-14-23(16)13-15-4-2-1-3-5-15/h1-5,12,14,17-18,24H,6-11,13H2,(H,22,25)/t17-,18-/m1/s1. The Hall–Kier alpha value is -2.18. The molecule has 1 aliphatic carbocycles. The maximum atomic E-state index is 12.6. The Morgan fingerprint density at radius 3 is 2.81 bits per heavy atom. The molecule has 1 aliphatic heterocycles. The molecule has 2 aromatic rings. The van der Waals surface area contributed by atoms with Crippen LogP contribution in [0.25, 0.3) is 0 Å². The van der Waals surface area contributed by atoms with E-state index < -0.39 is 0 Å². The fraction of sp³-hybridized carbons (Fsp3) is 0.500. The molecule has 6 nitrogen and oxygen atoms in total. The first-order chi connectivity index (χ1) is 12.7. The van der Waals surface area contributed by atoms with Gasteiger partial charge in [0.15, 0.2) is 0 Å². The van der Waals surface area contributed by atoms with Crippen molar-refractivity contribution in [1.82, 2.24) is 14.9 Å². The lowest BCUT2D eigenvalue weighted by Gasteiger charge is -2.55. The number of hydrogen-bond donors (Lipinski definition) is 2. The van der Waals surface area contributed by atoms with Crippen LogP contribution >= 0.6 is 0 Å². The van der Waals surface area contributed by atoms with E-state index in [0.717, 1.165) is 18.5 Å². The number of amides is 1. The van der Waals surface area contributed by atoms with Gasteiger partial charge in [-0.05, 0) is 24.8 Å². The van der Waals surface area contributed by atoms with Gasteiger partial charge in [-0.15, -0.1) is 0 Å². The van der Waals surface area contributed by atoms with Gasteiger partial charge < -0.3 is 19.7 Å². The minimum absolute atomic E-state index is 0.0115. The molecule has 1 saturated heterocycles. The summed E-state index contributed by atoms with van der Waals surface area (Å²) in [6.07, 6.45) is 5.74. The van der Waals surface area contributed by atoms with Crippen molar-refractivity contribution in [3.05, 3.63) is 54.1 Å². The third kappa shape index (κ3) is 3.27. The van der Waals surface area contributed by atoms with Crippen LogP contribution in [0.15, 0.2) is 42.9 Å². The van der Waals surface area contributed by atoms with E-state index in [2.05, 4.69) is 22.4 Å². The fourth-order valence-corrected chi connectivity index (χ4v) is 4.23. The molecule has 6 heteroatoms. The fourth-order valence-electron chi connectivity index (χ4n) is 4.23. The molecule has 2 fully saturated rings. The number of rotatable bonds is 5. The van der Waals surface area contributed by atoms with Crippen LogP contribution in [-0.4, -0.2) is 45.9 Å². The average molecular weight is 355 g/mol. The highest BCUT2D eigenvalue weighted by atomic mass is 16.5. The van der Waals surface area contributed by atoms with Gasteiger partial charge in [0.25, 0.3) is 0 Å². The Morgan fingerprint density at radius 2 is 2.08 bits per heavy atom. The highest BCUT2D eigenvalue weighted by Crippen LogP contribution is 2.48. The molecular weight excluding hydrogens is 330 g/mol. The van der Waals surface area contributed by atoms with E-state index in [9.17, 15) is 9.90 Å². The first-order valence-electron chi connectivity index (χ1n) is 9.25. The summed E-state index contributed by atoms with van der Waals surface area (Å²) in [5.74, 6) is -0.0115. The van der Waals surface area contributed by atoms with Crippen molar-refractivity contribution in [2.75, 3.05) is 13.2 Å². The van der Waals surface area contributed by atoms with E-state index in [1.165, 1.54) is 5.56 Å². The number of benzene rings is 1. The Balaban J connectivity index is 1.38. The van der Waals surface area contributed by atoms with Gasteiger partial charge in [0, 0.05) is 43.1 Å². The van der Waals surface area contributed by atoms with E-state index in [1.54, 1.807) is 12.5 Å². The summed E-state index contributed by atoms with van der Waals surface area (Å²) in [7, 11) is 0. The number of ether oxygens (including phenoxy) is 1. The smallest absolute Gasteiger partial charge is 0.226 e. The molecule has 1 saturated carbocycles. The number of aliphatic hydroxyl groups is 1. The number of aromatic nitrogens is 2. The van der Waals surface area contributed by atoms with E-state index in [4.69, 9.17) is 4.74 Å². The third-order valence-electron chi connectivity index (χ3n) is 5.91. The number of carbonyl (C=O) groups excluding carboxylic acids is 1. The van der Waals surface area contributed by atoms with Gasteiger partial charge in [-0.2, -0.15) is 0 Å². The Morgan fingerprint density at radius 1 is 1.31 bits per heavy atom. The third-order valence-corrected chi connectivity index (χ3v) is 5.91. The van der Waals surface area contributed by atoms with E-state index in [1.807, 2.05) is 22.8 Å². The lowest BCUT2D eigenvalue weighted by Crippen LogP contribution is -2.65. The van der Waals surface area contributed by atoms with Gasteiger partial charge in [-0.25, -0.2) is 4.98 Å². The second kappa shape index (κ2) is 7.21. The molecule has 1 spiro atoms. The summed E-state index contributed by atoms with van der Waals surface area (Å²) in [6.45, 7) is 2.02. The van der Waals surface area contributed by atoms with Crippen LogP contribution in [0, 0.1) is 5.41 Å². The van der Waals surface area contributed by atoms with E-state index in [0.29, 0.717) is 32.6 Å². The van der Waals surface area contributed by atoms with E-state index in [-0.39, 0.29) is 23.5 Å². The molecule has 4 rings (SSSR count). The van der Waals surface area contributed by atoms with Crippen molar-refractivity contribution in [1.29, 1.82) is 0 Å². The first kappa shape index (κ1) is 17.2. The minimum Gasteiger partial charge on any atom is -0.392 e. The molecule has 2 N–H and O–H groups in total. The predicted octanol–water partition coefficient (Wildman–Crippen LogP) is 1.52. The number of nitrogens with zero attached hydrogens (tertiary/aromatic N) is 2. The number of carbonyl (C=O) groups is 1. The molecule has 0 unspecified atom stereocenters. The first-order valence-corrected chi connectivity index (χ1v) is 9.25. The van der Waals surface area contributed by atoms with Crippen LogP contribution in [0.2, 0.25) is 0 Å². The maximum absolute atomic E-state index is 12.6. The van der Waals surface area contributed by atoms with Crippen molar-refractivity contribution in [2.24, 2.45) is 5.41 Å². The van der Waals surface area contributed by atoms with Crippen LogP contribution < -0.4 is 5.32 Å². The van der Waals surface area contributed by atoms with Crippen LogP contribution in [0.4, 0.5) is 0 Å². The number of hydrogen-bond acceptors (Lipinski definition) is 4. The molecule has 26 heavy (non-hydrogen) atoms. The molecular formula is C20H25N3O3. The van der Waals surface area contributed by atoms with Crippen molar-refractivity contribution in [3.8, 4) is 0 Å². The minimum atomic E-state index is -0.333. The molecule has 1 aromatic heterocycles. The average Bonchev–Trinajstić information content (AvgIpc) is 3.09. The van der Waals surface area contributed by atoms with Gasteiger partial charge in [-0.3, -0.25) is 4.79 Å². The van der Waals surface area contributed by atoms with Gasteiger partial charge >= 0.3 is 0 Å². The number of imidazole rings is 1. The second-order valence-electron chi connectivity index (χ2n) is 7.39. The summed E-state index contributed by atoms with van der Waals surface area (Å²) in [5, 5.41) is 13.4. The van der Waals surface area contributed by atoms with Crippen molar-refractivity contribution in [3.63, 3.8) is 0 Å². The topological polar surface area (TPSA) is 76.4 Å². The summed E-state index contributed by atoms with van der Waals surface area (Å²) in [5.41, 5.74) is 1.88. The van der Waals surface area contributed by atoms with Crippen LogP contribution in [0.1, 0.15) is 30.5 Å². The molecule has 1 aromatic carbocycles. The van der Waals surface area contributed by atoms with Crippen molar-refractivity contribution < 1.29 is 14.6 Å². The quantitative estimate of drug-likeness (QED) is 0.853. The van der Waals surface area contributed by atoms with Crippen LogP contribution in [0.3, 0.4) is 0 Å². The summed E-state index contributed by atoms with van der Waals surface area (Å²) in [4.78, 5) is 16.8. The Bertz CT molecular complexity index is 753. The van der Waals surface area contributed by atoms with Gasteiger partial charge in [0.1, 0.15) is 0 Å². The summed E-state index contributed by atoms with van der Waals surface area (Å²) >= 11 is 0. The summed E-state index contributed by atoms with van der Waals surface area (Å²) in [6, 6.07) is 10.2. The Kier molecular flexibility index (Phi) is 4.78. The van der Waals surface area contributed by atoms with Crippen molar-refractivity contribution >= 4 is 5.91 Å². The van der Waals surface area contributed by atoms with Gasteiger partial charge in [-0.1, -0.05) is 30.3 Å². The number of nitrogens with one attached hydrogen (secondary N) is 1. The largest absolute Gasteiger partial charge is 0.392 e. The van der Waals surface area contributed by atoms with Crippen LogP contribution in [-0.2, 0) is 22.5 Å². The Labute approximate surface area is 153 Å². The summed E-state index contributed by atoms with van der Waals surface area (Å²) < 4.78 is 7.43.